The van der Waals surface area contributed by atoms with E-state index in [1.54, 1.807) is 10.6 Å². The van der Waals surface area contributed by atoms with E-state index in [4.69, 9.17) is 0 Å². The van der Waals surface area contributed by atoms with Crippen LogP contribution in [0.1, 0.15) is 5.69 Å². The Bertz CT molecular complexity index is 771. The van der Waals surface area contributed by atoms with Crippen molar-refractivity contribution in [3.05, 3.63) is 38.7 Å². The van der Waals surface area contributed by atoms with Gasteiger partial charge in [-0.25, -0.2) is 9.50 Å². The summed E-state index contributed by atoms with van der Waals surface area (Å²) in [6.07, 6.45) is 1.27. The lowest BCUT2D eigenvalue weighted by Crippen LogP contribution is -2.27. The Morgan fingerprint density at radius 1 is 1.40 bits per heavy atom. The van der Waals surface area contributed by atoms with Gasteiger partial charge in [0.25, 0.3) is 11.0 Å². The molecule has 0 aliphatic rings. The molecule has 0 amide bonds. The lowest BCUT2D eigenvalue weighted by Gasteiger charge is -1.97. The van der Waals surface area contributed by atoms with E-state index < -0.39 is 11.0 Å². The van der Waals surface area contributed by atoms with E-state index in [0.29, 0.717) is 11.0 Å². The monoisotopic (exact) mass is 202 g/mol. The molecule has 3 aromatic rings. The van der Waals surface area contributed by atoms with Crippen LogP contribution in [0.2, 0.25) is 0 Å². The third-order valence-corrected chi connectivity index (χ3v) is 2.40. The summed E-state index contributed by atoms with van der Waals surface area (Å²) in [4.78, 5) is 29.1. The second kappa shape index (κ2) is 2.41. The van der Waals surface area contributed by atoms with Crippen LogP contribution in [-0.2, 0) is 0 Å². The molecule has 0 atom stereocenters. The molecule has 0 aliphatic carbocycles. The van der Waals surface area contributed by atoms with Crippen molar-refractivity contribution in [3.8, 4) is 0 Å². The summed E-state index contributed by atoms with van der Waals surface area (Å²) < 4.78 is 1.59. The van der Waals surface area contributed by atoms with E-state index in [1.165, 1.54) is 6.33 Å². The molecule has 0 saturated carbocycles. The fraction of sp³-hybridized carbons (Fsp3) is 0.111. The van der Waals surface area contributed by atoms with Crippen molar-refractivity contribution >= 4 is 16.6 Å². The Morgan fingerprint density at radius 3 is 3.00 bits per heavy atom. The van der Waals surface area contributed by atoms with E-state index in [9.17, 15) is 9.59 Å². The van der Waals surface area contributed by atoms with Gasteiger partial charge in [0.1, 0.15) is 17.4 Å². The van der Waals surface area contributed by atoms with Gasteiger partial charge < -0.3 is 4.98 Å². The number of aromatic nitrogens is 4. The normalized spacial score (nSPS) is 11.5. The Balaban J connectivity index is 2.84. The first-order valence-electron chi connectivity index (χ1n) is 4.37. The van der Waals surface area contributed by atoms with Crippen molar-refractivity contribution in [1.82, 2.24) is 19.6 Å². The van der Waals surface area contributed by atoms with Crippen LogP contribution in [0.4, 0.5) is 0 Å². The smallest absolute Gasteiger partial charge is 0.298 e. The Kier molecular flexibility index (Phi) is 1.30. The van der Waals surface area contributed by atoms with Gasteiger partial charge in [-0.3, -0.25) is 9.59 Å². The number of nitrogens with zero attached hydrogens (tertiary/aromatic N) is 3. The summed E-state index contributed by atoms with van der Waals surface area (Å²) in [6.45, 7) is 1.84. The molecule has 0 aromatic carbocycles. The highest BCUT2D eigenvalue weighted by atomic mass is 16.2. The topological polar surface area (TPSA) is 80.1 Å². The number of pyridine rings is 1. The molecule has 3 rings (SSSR count). The lowest BCUT2D eigenvalue weighted by atomic mass is 10.3. The quantitative estimate of drug-likeness (QED) is 0.506. The zero-order chi connectivity index (χ0) is 10.6. The predicted molar refractivity (Wildman–Crippen MR) is 53.3 cm³/mol. The Hall–Kier alpha value is -2.24. The molecule has 74 valence electrons. The minimum Gasteiger partial charge on any atom is -0.317 e. The number of aromatic amines is 1. The Morgan fingerprint density at radius 2 is 2.20 bits per heavy atom. The molecule has 6 nitrogen and oxygen atoms in total. The van der Waals surface area contributed by atoms with Crippen LogP contribution in [0.5, 0.6) is 0 Å². The van der Waals surface area contributed by atoms with E-state index in [-0.39, 0.29) is 5.52 Å². The molecule has 3 aromatic heterocycles. The highest BCUT2D eigenvalue weighted by Crippen LogP contribution is 2.15. The van der Waals surface area contributed by atoms with Crippen molar-refractivity contribution in [1.29, 1.82) is 0 Å². The van der Waals surface area contributed by atoms with E-state index in [2.05, 4.69) is 15.1 Å². The summed E-state index contributed by atoms with van der Waals surface area (Å²) >= 11 is 0. The number of hydrogen-bond acceptors (Lipinski definition) is 4. The highest BCUT2D eigenvalue weighted by Gasteiger charge is 2.12. The first-order valence-corrected chi connectivity index (χ1v) is 4.37. The molecule has 1 N–H and O–H groups in total. The summed E-state index contributed by atoms with van der Waals surface area (Å²) in [5, 5.41) is 4.01. The third-order valence-electron chi connectivity index (χ3n) is 2.40. The molecule has 0 bridgehead atoms. The molecule has 6 heteroatoms. The van der Waals surface area contributed by atoms with E-state index >= 15 is 0 Å². The van der Waals surface area contributed by atoms with Gasteiger partial charge in [0.05, 0.1) is 5.52 Å². The number of H-pyrrole nitrogens is 1. The van der Waals surface area contributed by atoms with Gasteiger partial charge >= 0.3 is 0 Å². The Labute approximate surface area is 82.5 Å². The lowest BCUT2D eigenvalue weighted by molar-refractivity contribution is 0.880. The zero-order valence-electron chi connectivity index (χ0n) is 7.81. The van der Waals surface area contributed by atoms with Crippen molar-refractivity contribution in [3.63, 3.8) is 0 Å². The molecule has 0 unspecified atom stereocenters. The minimum absolute atomic E-state index is 0.164. The maximum Gasteiger partial charge on any atom is 0.298 e. The maximum absolute atomic E-state index is 11.5. The van der Waals surface area contributed by atoms with Crippen LogP contribution in [0.25, 0.3) is 16.6 Å². The van der Waals surface area contributed by atoms with E-state index in [0.717, 1.165) is 5.69 Å². The molecule has 15 heavy (non-hydrogen) atoms. The zero-order valence-corrected chi connectivity index (χ0v) is 7.81. The third kappa shape index (κ3) is 0.876. The largest absolute Gasteiger partial charge is 0.317 e. The van der Waals surface area contributed by atoms with Crippen molar-refractivity contribution in [2.24, 2.45) is 0 Å². The standard InChI is InChI=1S/C9H6N4O2/c1-4-2-5-7-6(8(14)9(15)12-5)10-3-11-13(4)7/h2-3H,1H3,(H,12,15). The molecule has 0 saturated heterocycles. The first-order chi connectivity index (χ1) is 7.18. The van der Waals surface area contributed by atoms with Crippen LogP contribution in [0, 0.1) is 6.92 Å². The number of rotatable bonds is 0. The number of nitrogens with one attached hydrogen (secondary N) is 1. The van der Waals surface area contributed by atoms with Gasteiger partial charge in [-0.2, -0.15) is 5.10 Å². The SMILES string of the molecule is Cc1cc2[nH]c(=O)c(=O)c3ncnn1c23. The predicted octanol–water partition coefficient (Wildman–Crippen LogP) is -0.323. The molecular weight excluding hydrogens is 196 g/mol. The van der Waals surface area contributed by atoms with Gasteiger partial charge in [0, 0.05) is 5.69 Å². The molecule has 0 fully saturated rings. The van der Waals surface area contributed by atoms with Crippen LogP contribution in [0.3, 0.4) is 0 Å². The minimum atomic E-state index is -0.645. The van der Waals surface area contributed by atoms with Crippen LogP contribution >= 0.6 is 0 Å². The molecule has 0 radical (unpaired) electrons. The van der Waals surface area contributed by atoms with Crippen LogP contribution < -0.4 is 11.0 Å². The maximum atomic E-state index is 11.5. The fourth-order valence-electron chi connectivity index (χ4n) is 1.75. The van der Waals surface area contributed by atoms with Crippen molar-refractivity contribution in [2.45, 2.75) is 6.92 Å². The first kappa shape index (κ1) is 8.10. The van der Waals surface area contributed by atoms with Crippen LogP contribution in [0.15, 0.2) is 22.0 Å². The average molecular weight is 202 g/mol. The van der Waals surface area contributed by atoms with Gasteiger partial charge in [0.15, 0.2) is 0 Å². The van der Waals surface area contributed by atoms with Gasteiger partial charge in [0.2, 0.25) is 0 Å². The van der Waals surface area contributed by atoms with Gasteiger partial charge in [-0.1, -0.05) is 0 Å². The fourth-order valence-corrected chi connectivity index (χ4v) is 1.75. The summed E-state index contributed by atoms with van der Waals surface area (Å²) in [6, 6.07) is 1.76. The molecule has 0 aliphatic heterocycles. The number of hydrogen-bond donors (Lipinski definition) is 1. The van der Waals surface area contributed by atoms with Gasteiger partial charge in [-0.15, -0.1) is 0 Å². The molecule has 0 spiro atoms. The van der Waals surface area contributed by atoms with Crippen molar-refractivity contribution < 1.29 is 0 Å². The number of aryl methyl sites for hydroxylation is 1. The van der Waals surface area contributed by atoms with Crippen LogP contribution in [-0.4, -0.2) is 19.6 Å². The van der Waals surface area contributed by atoms with Crippen molar-refractivity contribution in [2.75, 3.05) is 0 Å². The molecular formula is C9H6N4O2. The summed E-state index contributed by atoms with van der Waals surface area (Å²) in [5.41, 5.74) is 0.907. The summed E-state index contributed by atoms with van der Waals surface area (Å²) in [5.74, 6) is 0. The second-order valence-corrected chi connectivity index (χ2v) is 3.35. The van der Waals surface area contributed by atoms with Gasteiger partial charge in [-0.05, 0) is 13.0 Å². The highest BCUT2D eigenvalue weighted by molar-refractivity contribution is 5.90. The summed E-state index contributed by atoms with van der Waals surface area (Å²) in [7, 11) is 0. The second-order valence-electron chi connectivity index (χ2n) is 3.35. The average Bonchev–Trinajstić information content (AvgIpc) is 2.54. The van der Waals surface area contributed by atoms with E-state index in [1.807, 2.05) is 6.92 Å². The molecule has 3 heterocycles.